The van der Waals surface area contributed by atoms with Crippen LogP contribution in [0.15, 0.2) is 11.8 Å². The number of rotatable bonds is 5. The largest absolute Gasteiger partial charge is 0.501 e. The minimum Gasteiger partial charge on any atom is -0.501 e. The van der Waals surface area contributed by atoms with E-state index in [2.05, 4.69) is 0 Å². The molecule has 0 aromatic rings. The maximum absolute atomic E-state index is 10.9. The Kier molecular flexibility index (Phi) is 6.15. The molecule has 0 saturated carbocycles. The molecule has 0 saturated heterocycles. The van der Waals surface area contributed by atoms with Crippen molar-refractivity contribution in [2.45, 2.75) is 26.7 Å². The number of hydrogen-bond acceptors (Lipinski definition) is 3. The fourth-order valence-electron chi connectivity index (χ4n) is 0.795. The van der Waals surface area contributed by atoms with Gasteiger partial charge in [-0.1, -0.05) is 6.92 Å². The van der Waals surface area contributed by atoms with E-state index in [0.29, 0.717) is 12.4 Å². The second kappa shape index (κ2) is 6.70. The van der Waals surface area contributed by atoms with Crippen LogP contribution in [0.3, 0.4) is 0 Å². The average molecular weight is 172 g/mol. The van der Waals surface area contributed by atoms with E-state index in [9.17, 15) is 4.79 Å². The highest BCUT2D eigenvalue weighted by molar-refractivity contribution is 5.82. The van der Waals surface area contributed by atoms with Crippen LogP contribution in [-0.4, -0.2) is 19.7 Å². The van der Waals surface area contributed by atoms with Gasteiger partial charge in [0.15, 0.2) is 0 Å². The van der Waals surface area contributed by atoms with Crippen LogP contribution in [0.25, 0.3) is 0 Å². The van der Waals surface area contributed by atoms with Crippen LogP contribution in [0.1, 0.15) is 26.7 Å². The van der Waals surface area contributed by atoms with Crippen LogP contribution < -0.4 is 0 Å². The summed E-state index contributed by atoms with van der Waals surface area (Å²) in [4.78, 5) is 10.9. The summed E-state index contributed by atoms with van der Waals surface area (Å²) in [5.41, 5.74) is 0. The van der Waals surface area contributed by atoms with E-state index in [1.54, 1.807) is 14.0 Å². The molecule has 0 N–H and O–H groups in total. The Morgan fingerprint density at radius 1 is 1.42 bits per heavy atom. The van der Waals surface area contributed by atoms with Crippen molar-refractivity contribution < 1.29 is 14.3 Å². The fraction of sp³-hybridized carbons (Fsp3) is 0.667. The van der Waals surface area contributed by atoms with E-state index in [0.717, 1.165) is 12.8 Å². The highest BCUT2D eigenvalue weighted by Crippen LogP contribution is 2.04. The first kappa shape index (κ1) is 11.0. The zero-order chi connectivity index (χ0) is 9.40. The monoisotopic (exact) mass is 172 g/mol. The van der Waals surface area contributed by atoms with Crippen molar-refractivity contribution in [3.8, 4) is 0 Å². The fourth-order valence-corrected chi connectivity index (χ4v) is 0.795. The smallest absolute Gasteiger partial charge is 0.334 e. The van der Waals surface area contributed by atoms with Crippen LogP contribution in [0.4, 0.5) is 0 Å². The lowest BCUT2D eigenvalue weighted by Crippen LogP contribution is -2.02. The lowest BCUT2D eigenvalue weighted by molar-refractivity contribution is -0.137. The van der Waals surface area contributed by atoms with Crippen LogP contribution in [0, 0.1) is 0 Å². The lowest BCUT2D eigenvalue weighted by atomic mass is 10.3. The Labute approximate surface area is 73.4 Å². The van der Waals surface area contributed by atoms with Gasteiger partial charge in [0, 0.05) is 6.42 Å². The zero-order valence-corrected chi connectivity index (χ0v) is 7.92. The van der Waals surface area contributed by atoms with Crippen LogP contribution in [-0.2, 0) is 14.3 Å². The molecule has 0 aliphatic rings. The molecule has 0 heterocycles. The summed E-state index contributed by atoms with van der Waals surface area (Å²) in [5, 5.41) is 0. The van der Waals surface area contributed by atoms with E-state index < -0.39 is 0 Å². The SMILES string of the molecule is CCC/C(=C\C(=O)OCC)OC. The maximum atomic E-state index is 10.9. The Balaban J connectivity index is 3.98. The van der Waals surface area contributed by atoms with Crippen molar-refractivity contribution >= 4 is 5.97 Å². The van der Waals surface area contributed by atoms with Crippen molar-refractivity contribution in [1.29, 1.82) is 0 Å². The van der Waals surface area contributed by atoms with Gasteiger partial charge in [0.1, 0.15) is 5.76 Å². The van der Waals surface area contributed by atoms with E-state index >= 15 is 0 Å². The lowest BCUT2D eigenvalue weighted by Gasteiger charge is -2.03. The van der Waals surface area contributed by atoms with Crippen LogP contribution >= 0.6 is 0 Å². The molecule has 0 aromatic heterocycles. The molecule has 12 heavy (non-hydrogen) atoms. The molecule has 0 rings (SSSR count). The first-order valence-electron chi connectivity index (χ1n) is 4.15. The van der Waals surface area contributed by atoms with E-state index in [1.165, 1.54) is 6.08 Å². The Morgan fingerprint density at radius 2 is 2.08 bits per heavy atom. The third-order valence-electron chi connectivity index (χ3n) is 1.32. The summed E-state index contributed by atoms with van der Waals surface area (Å²) >= 11 is 0. The number of carbonyl (C=O) groups is 1. The molecule has 3 nitrogen and oxygen atoms in total. The third kappa shape index (κ3) is 4.77. The molecule has 0 amide bonds. The maximum Gasteiger partial charge on any atom is 0.334 e. The number of carbonyl (C=O) groups excluding carboxylic acids is 1. The number of esters is 1. The van der Waals surface area contributed by atoms with Gasteiger partial charge >= 0.3 is 5.97 Å². The summed E-state index contributed by atoms with van der Waals surface area (Å²) < 4.78 is 9.69. The molecule has 0 aliphatic heterocycles. The van der Waals surface area contributed by atoms with Gasteiger partial charge in [0.2, 0.25) is 0 Å². The molecule has 0 radical (unpaired) electrons. The average Bonchev–Trinajstić information content (AvgIpc) is 2.04. The molecule has 3 heteroatoms. The number of methoxy groups -OCH3 is 1. The molecule has 0 spiro atoms. The standard InChI is InChI=1S/C9H16O3/c1-4-6-8(11-3)7-9(10)12-5-2/h7H,4-6H2,1-3H3/b8-7+. The predicted octanol–water partition coefficient (Wildman–Crippen LogP) is 1.88. The topological polar surface area (TPSA) is 35.5 Å². The Bertz CT molecular complexity index is 161. The van der Waals surface area contributed by atoms with Crippen LogP contribution in [0.2, 0.25) is 0 Å². The Hall–Kier alpha value is -0.990. The van der Waals surface area contributed by atoms with Gasteiger partial charge in [-0.2, -0.15) is 0 Å². The number of ether oxygens (including phenoxy) is 2. The van der Waals surface area contributed by atoms with Crippen molar-refractivity contribution in [3.63, 3.8) is 0 Å². The van der Waals surface area contributed by atoms with Gasteiger partial charge in [0.05, 0.1) is 19.8 Å². The summed E-state index contributed by atoms with van der Waals surface area (Å²) in [7, 11) is 1.56. The molecule has 0 atom stereocenters. The number of allylic oxidation sites excluding steroid dienone is 1. The molecule has 0 bridgehead atoms. The van der Waals surface area contributed by atoms with Gasteiger partial charge in [-0.25, -0.2) is 4.79 Å². The molecule has 0 aliphatic carbocycles. The summed E-state index contributed by atoms with van der Waals surface area (Å²) in [6, 6.07) is 0. The highest BCUT2D eigenvalue weighted by atomic mass is 16.5. The first-order valence-corrected chi connectivity index (χ1v) is 4.15. The Morgan fingerprint density at radius 3 is 2.50 bits per heavy atom. The summed E-state index contributed by atoms with van der Waals surface area (Å²) in [6.07, 6.45) is 3.13. The zero-order valence-electron chi connectivity index (χ0n) is 7.92. The first-order chi connectivity index (χ1) is 5.74. The van der Waals surface area contributed by atoms with Crippen molar-refractivity contribution in [2.24, 2.45) is 0 Å². The highest BCUT2D eigenvalue weighted by Gasteiger charge is 2.00. The second-order valence-corrected chi connectivity index (χ2v) is 2.32. The minimum absolute atomic E-state index is 0.331. The van der Waals surface area contributed by atoms with E-state index in [-0.39, 0.29) is 5.97 Å². The molecule has 0 unspecified atom stereocenters. The van der Waals surface area contributed by atoms with Gasteiger partial charge in [-0.3, -0.25) is 0 Å². The quantitative estimate of drug-likeness (QED) is 0.361. The molecule has 0 fully saturated rings. The molecular formula is C9H16O3. The van der Waals surface area contributed by atoms with Crippen molar-refractivity contribution in [1.82, 2.24) is 0 Å². The minimum atomic E-state index is -0.331. The summed E-state index contributed by atoms with van der Waals surface area (Å²) in [6.45, 7) is 4.20. The van der Waals surface area contributed by atoms with E-state index in [4.69, 9.17) is 9.47 Å². The van der Waals surface area contributed by atoms with Gasteiger partial charge in [0.25, 0.3) is 0 Å². The second-order valence-electron chi connectivity index (χ2n) is 2.32. The molecule has 70 valence electrons. The van der Waals surface area contributed by atoms with Crippen molar-refractivity contribution in [2.75, 3.05) is 13.7 Å². The van der Waals surface area contributed by atoms with Crippen molar-refractivity contribution in [3.05, 3.63) is 11.8 Å². The van der Waals surface area contributed by atoms with Gasteiger partial charge < -0.3 is 9.47 Å². The van der Waals surface area contributed by atoms with E-state index in [1.807, 2.05) is 6.92 Å². The normalized spacial score (nSPS) is 11.1. The van der Waals surface area contributed by atoms with Gasteiger partial charge in [-0.15, -0.1) is 0 Å². The summed E-state index contributed by atoms with van der Waals surface area (Å²) in [5.74, 6) is 0.346. The van der Waals surface area contributed by atoms with Gasteiger partial charge in [-0.05, 0) is 13.3 Å². The third-order valence-corrected chi connectivity index (χ3v) is 1.32. The van der Waals surface area contributed by atoms with Crippen LogP contribution in [0.5, 0.6) is 0 Å². The molecule has 0 aromatic carbocycles. The molecular weight excluding hydrogens is 156 g/mol. The number of hydrogen-bond donors (Lipinski definition) is 0. The predicted molar refractivity (Wildman–Crippen MR) is 46.6 cm³/mol.